The molecule has 0 bridgehead atoms. The standard InChI is InChI=1S/C25H29N3O5/c1-32-19-7-3-16(4-8-19)23-21(25(31)27-13-11-17(12-14-27)24(26)30)15-22(29)28(23)18-5-9-20(33-2)10-6-18/h3-10,17,21,23H,11-15H2,1-2H3,(H2,26,30)/t21-,23+/m0/s1. The number of hydrogen-bond acceptors (Lipinski definition) is 5. The van der Waals surface area contributed by atoms with E-state index in [-0.39, 0.29) is 30.1 Å². The maximum absolute atomic E-state index is 13.6. The molecular formula is C25H29N3O5. The van der Waals surface area contributed by atoms with Crippen LogP contribution in [-0.4, -0.2) is 49.9 Å². The lowest BCUT2D eigenvalue weighted by atomic mass is 9.90. The Morgan fingerprint density at radius 2 is 1.45 bits per heavy atom. The van der Waals surface area contributed by atoms with Gasteiger partial charge in [0.05, 0.1) is 26.2 Å². The van der Waals surface area contributed by atoms with Crippen molar-refractivity contribution in [3.05, 3.63) is 54.1 Å². The number of ether oxygens (including phenoxy) is 2. The molecule has 0 aliphatic carbocycles. The summed E-state index contributed by atoms with van der Waals surface area (Å²) in [5.74, 6) is 0.173. The molecule has 2 heterocycles. The smallest absolute Gasteiger partial charge is 0.228 e. The SMILES string of the molecule is COc1ccc([C@@H]2[C@@H](C(=O)N3CCC(C(N)=O)CC3)CC(=O)N2c2ccc(OC)cc2)cc1. The molecule has 2 fully saturated rings. The second-order valence-electron chi connectivity index (χ2n) is 8.49. The molecule has 2 N–H and O–H groups in total. The number of methoxy groups -OCH3 is 2. The largest absolute Gasteiger partial charge is 0.497 e. The van der Waals surface area contributed by atoms with Crippen molar-refractivity contribution in [3.63, 3.8) is 0 Å². The Bertz CT molecular complexity index is 1010. The third-order valence-electron chi connectivity index (χ3n) is 6.66. The van der Waals surface area contributed by atoms with Crippen LogP contribution < -0.4 is 20.1 Å². The molecule has 2 aliphatic rings. The van der Waals surface area contributed by atoms with Crippen LogP contribution in [0.4, 0.5) is 5.69 Å². The van der Waals surface area contributed by atoms with Crippen molar-refractivity contribution < 1.29 is 23.9 Å². The van der Waals surface area contributed by atoms with Crippen molar-refractivity contribution in [2.45, 2.75) is 25.3 Å². The molecule has 8 nitrogen and oxygen atoms in total. The molecule has 0 aromatic heterocycles. The molecule has 8 heteroatoms. The Kier molecular flexibility index (Phi) is 6.53. The number of amides is 3. The highest BCUT2D eigenvalue weighted by molar-refractivity contribution is 6.01. The fraction of sp³-hybridized carbons (Fsp3) is 0.400. The van der Waals surface area contributed by atoms with Gasteiger partial charge in [0, 0.05) is 31.1 Å². The van der Waals surface area contributed by atoms with Crippen LogP contribution in [0.5, 0.6) is 11.5 Å². The van der Waals surface area contributed by atoms with E-state index in [4.69, 9.17) is 15.2 Å². The Morgan fingerprint density at radius 3 is 1.97 bits per heavy atom. The van der Waals surface area contributed by atoms with Gasteiger partial charge in [0.1, 0.15) is 11.5 Å². The third kappa shape index (κ3) is 4.51. The Morgan fingerprint density at radius 1 is 0.909 bits per heavy atom. The van der Waals surface area contributed by atoms with Gasteiger partial charge in [-0.3, -0.25) is 14.4 Å². The first kappa shape index (κ1) is 22.6. The maximum Gasteiger partial charge on any atom is 0.228 e. The number of nitrogens with two attached hydrogens (primary N) is 1. The van der Waals surface area contributed by atoms with Gasteiger partial charge in [-0.15, -0.1) is 0 Å². The number of benzene rings is 2. The predicted octanol–water partition coefficient (Wildman–Crippen LogP) is 2.52. The van der Waals surface area contributed by atoms with Crippen LogP contribution in [-0.2, 0) is 14.4 Å². The Balaban J connectivity index is 1.65. The molecule has 174 valence electrons. The van der Waals surface area contributed by atoms with E-state index in [2.05, 4.69) is 0 Å². The highest BCUT2D eigenvalue weighted by atomic mass is 16.5. The van der Waals surface area contributed by atoms with Gasteiger partial charge < -0.3 is 25.0 Å². The topological polar surface area (TPSA) is 102 Å². The van der Waals surface area contributed by atoms with Crippen LogP contribution in [0.15, 0.2) is 48.5 Å². The number of primary amides is 1. The van der Waals surface area contributed by atoms with Crippen LogP contribution in [0.2, 0.25) is 0 Å². The molecule has 2 aromatic rings. The minimum atomic E-state index is -0.530. The maximum atomic E-state index is 13.6. The molecule has 0 unspecified atom stereocenters. The van der Waals surface area contributed by atoms with Crippen molar-refractivity contribution >= 4 is 23.4 Å². The van der Waals surface area contributed by atoms with Crippen molar-refractivity contribution in [1.29, 1.82) is 0 Å². The monoisotopic (exact) mass is 451 g/mol. The normalized spacial score (nSPS) is 21.2. The average molecular weight is 452 g/mol. The highest BCUT2D eigenvalue weighted by Gasteiger charge is 2.47. The highest BCUT2D eigenvalue weighted by Crippen LogP contribution is 2.43. The summed E-state index contributed by atoms with van der Waals surface area (Å²) in [5.41, 5.74) is 7.02. The number of likely N-dealkylation sites (tertiary alicyclic amines) is 1. The number of anilines is 1. The summed E-state index contributed by atoms with van der Waals surface area (Å²) in [6.45, 7) is 0.935. The van der Waals surface area contributed by atoms with E-state index in [9.17, 15) is 14.4 Å². The average Bonchev–Trinajstić information content (AvgIpc) is 3.20. The number of piperidine rings is 1. The van der Waals surface area contributed by atoms with Crippen LogP contribution in [0, 0.1) is 11.8 Å². The van der Waals surface area contributed by atoms with Gasteiger partial charge >= 0.3 is 0 Å². The van der Waals surface area contributed by atoms with E-state index in [0.717, 1.165) is 5.56 Å². The predicted molar refractivity (Wildman–Crippen MR) is 123 cm³/mol. The van der Waals surface area contributed by atoms with E-state index >= 15 is 0 Å². The molecule has 33 heavy (non-hydrogen) atoms. The quantitative estimate of drug-likeness (QED) is 0.727. The number of nitrogens with zero attached hydrogens (tertiary/aromatic N) is 2. The second-order valence-corrected chi connectivity index (χ2v) is 8.49. The van der Waals surface area contributed by atoms with Crippen LogP contribution in [0.3, 0.4) is 0 Å². The first-order valence-corrected chi connectivity index (χ1v) is 11.1. The Labute approximate surface area is 193 Å². The van der Waals surface area contributed by atoms with Gasteiger partial charge in [-0.05, 0) is 54.8 Å². The van der Waals surface area contributed by atoms with Gasteiger partial charge in [-0.2, -0.15) is 0 Å². The van der Waals surface area contributed by atoms with E-state index in [1.165, 1.54) is 0 Å². The number of hydrogen-bond donors (Lipinski definition) is 1. The first-order chi connectivity index (χ1) is 15.9. The van der Waals surface area contributed by atoms with Crippen molar-refractivity contribution in [2.75, 3.05) is 32.2 Å². The summed E-state index contributed by atoms with van der Waals surface area (Å²) in [6, 6.07) is 14.3. The summed E-state index contributed by atoms with van der Waals surface area (Å²) in [5, 5.41) is 0. The molecule has 2 aliphatic heterocycles. The van der Waals surface area contributed by atoms with Gasteiger partial charge in [0.15, 0.2) is 0 Å². The fourth-order valence-corrected chi connectivity index (χ4v) is 4.80. The summed E-state index contributed by atoms with van der Waals surface area (Å²) < 4.78 is 10.5. The molecule has 3 amide bonds. The lowest BCUT2D eigenvalue weighted by molar-refractivity contribution is -0.139. The van der Waals surface area contributed by atoms with Crippen molar-refractivity contribution in [2.24, 2.45) is 17.6 Å². The van der Waals surface area contributed by atoms with Gasteiger partial charge in [-0.1, -0.05) is 12.1 Å². The minimum absolute atomic E-state index is 0.0666. The van der Waals surface area contributed by atoms with E-state index in [0.29, 0.717) is 43.1 Å². The molecule has 0 spiro atoms. The zero-order valence-corrected chi connectivity index (χ0v) is 18.9. The minimum Gasteiger partial charge on any atom is -0.497 e. The summed E-state index contributed by atoms with van der Waals surface area (Å²) in [7, 11) is 3.19. The molecule has 0 radical (unpaired) electrons. The summed E-state index contributed by atoms with van der Waals surface area (Å²) in [4.78, 5) is 41.8. The van der Waals surface area contributed by atoms with Gasteiger partial charge in [-0.25, -0.2) is 0 Å². The fourth-order valence-electron chi connectivity index (χ4n) is 4.80. The van der Waals surface area contributed by atoms with Crippen LogP contribution >= 0.6 is 0 Å². The number of carbonyl (C=O) groups excluding carboxylic acids is 3. The molecular weight excluding hydrogens is 422 g/mol. The van der Waals surface area contributed by atoms with Crippen molar-refractivity contribution in [1.82, 2.24) is 4.90 Å². The van der Waals surface area contributed by atoms with E-state index < -0.39 is 12.0 Å². The lowest BCUT2D eigenvalue weighted by Crippen LogP contribution is -2.45. The first-order valence-electron chi connectivity index (χ1n) is 11.1. The molecule has 2 aromatic carbocycles. The summed E-state index contributed by atoms with van der Waals surface area (Å²) in [6.07, 6.45) is 1.23. The molecule has 4 rings (SSSR count). The van der Waals surface area contributed by atoms with Gasteiger partial charge in [0.25, 0.3) is 0 Å². The third-order valence-corrected chi connectivity index (χ3v) is 6.66. The van der Waals surface area contributed by atoms with Crippen LogP contribution in [0.25, 0.3) is 0 Å². The van der Waals surface area contributed by atoms with Crippen molar-refractivity contribution in [3.8, 4) is 11.5 Å². The molecule has 2 atom stereocenters. The molecule has 2 saturated heterocycles. The zero-order chi connectivity index (χ0) is 23.5. The second kappa shape index (κ2) is 9.52. The Hall–Kier alpha value is -3.55. The van der Waals surface area contributed by atoms with E-state index in [1.54, 1.807) is 36.2 Å². The summed E-state index contributed by atoms with van der Waals surface area (Å²) >= 11 is 0. The molecule has 0 saturated carbocycles. The lowest BCUT2D eigenvalue weighted by Gasteiger charge is -2.35. The van der Waals surface area contributed by atoms with Crippen LogP contribution in [0.1, 0.15) is 30.9 Å². The van der Waals surface area contributed by atoms with E-state index in [1.807, 2.05) is 36.4 Å². The zero-order valence-electron chi connectivity index (χ0n) is 18.9. The van der Waals surface area contributed by atoms with Gasteiger partial charge in [0.2, 0.25) is 17.7 Å². The number of rotatable bonds is 6. The number of carbonyl (C=O) groups is 3.